The van der Waals surface area contributed by atoms with Crippen molar-refractivity contribution in [3.05, 3.63) is 23.8 Å². The largest absolute Gasteiger partial charge is 0.494 e. The van der Waals surface area contributed by atoms with Crippen molar-refractivity contribution in [1.29, 1.82) is 0 Å². The molecule has 0 aliphatic carbocycles. The van der Waals surface area contributed by atoms with E-state index in [1.165, 1.54) is 0 Å². The fourth-order valence-electron chi connectivity index (χ4n) is 1.89. The van der Waals surface area contributed by atoms with Crippen LogP contribution in [0, 0.1) is 6.92 Å². The molecule has 0 bridgehead atoms. The minimum absolute atomic E-state index is 0.0375. The molecule has 0 unspecified atom stereocenters. The van der Waals surface area contributed by atoms with Gasteiger partial charge in [-0.15, -0.1) is 0 Å². The average molecular weight is 294 g/mol. The first-order chi connectivity index (χ1) is 9.88. The fraction of sp³-hybridized carbons (Fsp3) is 0.562. The van der Waals surface area contributed by atoms with E-state index in [-0.39, 0.29) is 12.6 Å². The summed E-state index contributed by atoms with van der Waals surface area (Å²) in [5, 5.41) is 14.6. The molecule has 5 nitrogen and oxygen atoms in total. The SMILES string of the molecule is CCCOc1ccc(NC(=O)NC(C)(C)CCO)c(C)c1. The third-order valence-corrected chi connectivity index (χ3v) is 3.11. The molecular weight excluding hydrogens is 268 g/mol. The number of nitrogens with one attached hydrogen (secondary N) is 2. The van der Waals surface area contributed by atoms with E-state index in [1.807, 2.05) is 39.0 Å². The number of hydrogen-bond donors (Lipinski definition) is 3. The summed E-state index contributed by atoms with van der Waals surface area (Å²) in [5.74, 6) is 0.806. The summed E-state index contributed by atoms with van der Waals surface area (Å²) in [7, 11) is 0. The second-order valence-electron chi connectivity index (χ2n) is 5.76. The predicted octanol–water partition coefficient (Wildman–Crippen LogP) is 3.07. The third kappa shape index (κ3) is 6.04. The van der Waals surface area contributed by atoms with Gasteiger partial charge in [0.1, 0.15) is 5.75 Å². The van der Waals surface area contributed by atoms with Crippen LogP contribution in [0.1, 0.15) is 39.2 Å². The first-order valence-electron chi connectivity index (χ1n) is 7.31. The van der Waals surface area contributed by atoms with E-state index >= 15 is 0 Å². The first kappa shape index (κ1) is 17.3. The standard InChI is InChI=1S/C16H26N2O3/c1-5-10-21-13-6-7-14(12(2)11-13)17-15(20)18-16(3,4)8-9-19/h6-7,11,19H,5,8-10H2,1-4H3,(H2,17,18,20). The van der Waals surface area contributed by atoms with Crippen LogP contribution in [-0.2, 0) is 0 Å². The molecule has 0 radical (unpaired) electrons. The summed E-state index contributed by atoms with van der Waals surface area (Å²) in [5.41, 5.74) is 1.24. The van der Waals surface area contributed by atoms with Crippen LogP contribution in [0.2, 0.25) is 0 Å². The van der Waals surface area contributed by atoms with Gasteiger partial charge in [-0.25, -0.2) is 4.79 Å². The molecule has 0 saturated carbocycles. The van der Waals surface area contributed by atoms with Gasteiger partial charge in [0.15, 0.2) is 0 Å². The Labute approximate surface area is 126 Å². The molecule has 1 aromatic rings. The van der Waals surface area contributed by atoms with E-state index in [2.05, 4.69) is 17.6 Å². The lowest BCUT2D eigenvalue weighted by Gasteiger charge is -2.25. The van der Waals surface area contributed by atoms with Crippen molar-refractivity contribution in [3.8, 4) is 5.75 Å². The minimum atomic E-state index is -0.448. The normalized spacial score (nSPS) is 11.1. The maximum absolute atomic E-state index is 12.0. The highest BCUT2D eigenvalue weighted by Crippen LogP contribution is 2.21. The van der Waals surface area contributed by atoms with Gasteiger partial charge in [0.05, 0.1) is 6.61 Å². The van der Waals surface area contributed by atoms with Crippen LogP contribution in [0.5, 0.6) is 5.75 Å². The Morgan fingerprint density at radius 1 is 1.38 bits per heavy atom. The highest BCUT2D eigenvalue weighted by Gasteiger charge is 2.19. The predicted molar refractivity (Wildman–Crippen MR) is 84.9 cm³/mol. The number of ether oxygens (including phenoxy) is 1. The first-order valence-corrected chi connectivity index (χ1v) is 7.31. The molecule has 0 aliphatic heterocycles. The van der Waals surface area contributed by atoms with Gasteiger partial charge in [-0.05, 0) is 57.4 Å². The van der Waals surface area contributed by atoms with Crippen LogP contribution in [0.25, 0.3) is 0 Å². The van der Waals surface area contributed by atoms with Gasteiger partial charge in [0, 0.05) is 17.8 Å². The summed E-state index contributed by atoms with van der Waals surface area (Å²) in [6.07, 6.45) is 1.46. The Bertz CT molecular complexity index is 473. The number of rotatable bonds is 7. The van der Waals surface area contributed by atoms with Gasteiger partial charge in [-0.2, -0.15) is 0 Å². The molecule has 118 valence electrons. The number of aryl methyl sites for hydroxylation is 1. The Hall–Kier alpha value is -1.75. The maximum Gasteiger partial charge on any atom is 0.319 e. The van der Waals surface area contributed by atoms with Gasteiger partial charge in [-0.3, -0.25) is 0 Å². The molecule has 5 heteroatoms. The summed E-state index contributed by atoms with van der Waals surface area (Å²) >= 11 is 0. The number of benzene rings is 1. The lowest BCUT2D eigenvalue weighted by Crippen LogP contribution is -2.46. The highest BCUT2D eigenvalue weighted by molar-refractivity contribution is 5.90. The van der Waals surface area contributed by atoms with Crippen LogP contribution >= 0.6 is 0 Å². The van der Waals surface area contributed by atoms with Gasteiger partial charge >= 0.3 is 6.03 Å². The molecule has 0 fully saturated rings. The summed E-state index contributed by atoms with van der Waals surface area (Å²) in [6, 6.07) is 5.30. The number of carbonyl (C=O) groups is 1. The molecule has 1 rings (SSSR count). The zero-order chi connectivity index (χ0) is 15.9. The topological polar surface area (TPSA) is 70.6 Å². The smallest absolute Gasteiger partial charge is 0.319 e. The van der Waals surface area contributed by atoms with Crippen LogP contribution in [0.3, 0.4) is 0 Å². The van der Waals surface area contributed by atoms with Crippen molar-refractivity contribution >= 4 is 11.7 Å². The van der Waals surface area contributed by atoms with Gasteiger partial charge < -0.3 is 20.5 Å². The quantitative estimate of drug-likeness (QED) is 0.724. The third-order valence-electron chi connectivity index (χ3n) is 3.11. The van der Waals surface area contributed by atoms with Crippen molar-refractivity contribution in [3.63, 3.8) is 0 Å². The Morgan fingerprint density at radius 3 is 2.67 bits per heavy atom. The molecule has 21 heavy (non-hydrogen) atoms. The number of urea groups is 1. The summed E-state index contributed by atoms with van der Waals surface area (Å²) in [4.78, 5) is 12.0. The highest BCUT2D eigenvalue weighted by atomic mass is 16.5. The zero-order valence-electron chi connectivity index (χ0n) is 13.3. The molecule has 0 aromatic heterocycles. The van der Waals surface area contributed by atoms with Gasteiger partial charge in [-0.1, -0.05) is 6.92 Å². The van der Waals surface area contributed by atoms with Crippen LogP contribution in [0.15, 0.2) is 18.2 Å². The summed E-state index contributed by atoms with van der Waals surface area (Å²) in [6.45, 7) is 8.45. The summed E-state index contributed by atoms with van der Waals surface area (Å²) < 4.78 is 5.55. The molecule has 0 saturated heterocycles. The van der Waals surface area contributed by atoms with Crippen molar-refractivity contribution in [2.45, 2.75) is 46.1 Å². The van der Waals surface area contributed by atoms with E-state index in [0.29, 0.717) is 13.0 Å². The van der Waals surface area contributed by atoms with Crippen LogP contribution in [-0.4, -0.2) is 29.9 Å². The van der Waals surface area contributed by atoms with Crippen molar-refractivity contribution in [1.82, 2.24) is 5.32 Å². The molecule has 0 heterocycles. The molecule has 0 aliphatic rings. The molecule has 0 atom stereocenters. The molecule has 0 spiro atoms. The van der Waals surface area contributed by atoms with E-state index in [1.54, 1.807) is 0 Å². The number of aliphatic hydroxyl groups is 1. The van der Waals surface area contributed by atoms with E-state index in [9.17, 15) is 4.79 Å². The fourth-order valence-corrected chi connectivity index (χ4v) is 1.89. The lowest BCUT2D eigenvalue weighted by atomic mass is 10.0. The monoisotopic (exact) mass is 294 g/mol. The number of anilines is 1. The number of amides is 2. The molecule has 3 N–H and O–H groups in total. The Kier molecular flexibility index (Phi) is 6.49. The maximum atomic E-state index is 12.0. The van der Waals surface area contributed by atoms with E-state index in [4.69, 9.17) is 9.84 Å². The van der Waals surface area contributed by atoms with Gasteiger partial charge in [0.25, 0.3) is 0 Å². The van der Waals surface area contributed by atoms with Crippen molar-refractivity contribution in [2.75, 3.05) is 18.5 Å². The van der Waals surface area contributed by atoms with Crippen molar-refractivity contribution in [2.24, 2.45) is 0 Å². The Balaban J connectivity index is 2.64. The Morgan fingerprint density at radius 2 is 2.10 bits per heavy atom. The van der Waals surface area contributed by atoms with E-state index < -0.39 is 5.54 Å². The minimum Gasteiger partial charge on any atom is -0.494 e. The van der Waals surface area contributed by atoms with Crippen LogP contribution in [0.4, 0.5) is 10.5 Å². The van der Waals surface area contributed by atoms with Crippen molar-refractivity contribution < 1.29 is 14.6 Å². The van der Waals surface area contributed by atoms with E-state index in [0.717, 1.165) is 23.4 Å². The number of hydrogen-bond acceptors (Lipinski definition) is 3. The molecule has 2 amide bonds. The van der Waals surface area contributed by atoms with Crippen LogP contribution < -0.4 is 15.4 Å². The van der Waals surface area contributed by atoms with Gasteiger partial charge in [0.2, 0.25) is 0 Å². The second kappa shape index (κ2) is 7.88. The number of carbonyl (C=O) groups excluding carboxylic acids is 1. The number of aliphatic hydroxyl groups excluding tert-OH is 1. The molecule has 1 aromatic carbocycles. The average Bonchev–Trinajstić information content (AvgIpc) is 2.38. The molecular formula is C16H26N2O3. The second-order valence-corrected chi connectivity index (χ2v) is 5.76. The lowest BCUT2D eigenvalue weighted by molar-refractivity contribution is 0.218. The zero-order valence-corrected chi connectivity index (χ0v) is 13.3.